The molecule has 0 radical (unpaired) electrons. The minimum absolute atomic E-state index is 0.0755. The average Bonchev–Trinajstić information content (AvgIpc) is 3.38. The molecule has 2 heterocycles. The minimum atomic E-state index is -0.642. The van der Waals surface area contributed by atoms with Gasteiger partial charge in [0, 0.05) is 17.3 Å². The largest absolute Gasteiger partial charge is 0.493 e. The van der Waals surface area contributed by atoms with Crippen LogP contribution < -0.4 is 19.7 Å². The fourth-order valence-corrected chi connectivity index (χ4v) is 5.11. The van der Waals surface area contributed by atoms with Crippen molar-refractivity contribution in [3.05, 3.63) is 66.2 Å². The highest BCUT2D eigenvalue weighted by molar-refractivity contribution is 7.21. The second-order valence-corrected chi connectivity index (χ2v) is 9.11. The van der Waals surface area contributed by atoms with Crippen molar-refractivity contribution in [2.24, 2.45) is 0 Å². The molecule has 0 saturated carbocycles. The Morgan fingerprint density at radius 1 is 0.971 bits per heavy atom. The molecule has 1 atom stereocenters. The number of ether oxygens (including phenoxy) is 2. The molecular weight excluding hydrogens is 450 g/mol. The fraction of sp³-hybridized carbons (Fsp3) is 0.192. The Hall–Kier alpha value is -3.91. The van der Waals surface area contributed by atoms with Gasteiger partial charge in [0.15, 0.2) is 11.5 Å². The summed E-state index contributed by atoms with van der Waals surface area (Å²) in [5, 5.41) is 4.14. The van der Waals surface area contributed by atoms with Crippen molar-refractivity contribution < 1.29 is 19.1 Å². The van der Waals surface area contributed by atoms with E-state index >= 15 is 0 Å². The van der Waals surface area contributed by atoms with Crippen molar-refractivity contribution in [2.45, 2.75) is 19.4 Å². The number of nitrogens with zero attached hydrogens (tertiary/aromatic N) is 2. The summed E-state index contributed by atoms with van der Waals surface area (Å²) in [4.78, 5) is 31.6. The smallest absolute Gasteiger partial charge is 0.256 e. The van der Waals surface area contributed by atoms with E-state index in [2.05, 4.69) is 24.4 Å². The number of hydrogen-bond donors (Lipinski definition) is 1. The fourth-order valence-electron chi connectivity index (χ4n) is 4.05. The van der Waals surface area contributed by atoms with Crippen molar-refractivity contribution in [3.63, 3.8) is 0 Å². The second kappa shape index (κ2) is 8.79. The Morgan fingerprint density at radius 2 is 1.74 bits per heavy atom. The highest BCUT2D eigenvalue weighted by Gasteiger charge is 2.39. The number of aryl methyl sites for hydroxylation is 1. The SMILES string of the molecule is COc1ccc(N2C(=O)C[C@H](Nc3ccc(-c4nc5ccc(C)cc5s4)cc3)C2=O)cc1OC. The van der Waals surface area contributed by atoms with E-state index in [1.807, 2.05) is 30.3 Å². The number of aromatic nitrogens is 1. The first-order valence-electron chi connectivity index (χ1n) is 10.8. The van der Waals surface area contributed by atoms with Crippen LogP contribution in [-0.2, 0) is 9.59 Å². The van der Waals surface area contributed by atoms with Crippen molar-refractivity contribution >= 4 is 44.7 Å². The third-order valence-electron chi connectivity index (χ3n) is 5.79. The zero-order valence-electron chi connectivity index (χ0n) is 19.0. The van der Waals surface area contributed by atoms with Crippen molar-refractivity contribution in [1.29, 1.82) is 0 Å². The van der Waals surface area contributed by atoms with Gasteiger partial charge in [-0.1, -0.05) is 6.07 Å². The highest BCUT2D eigenvalue weighted by Crippen LogP contribution is 2.35. The van der Waals surface area contributed by atoms with Gasteiger partial charge < -0.3 is 14.8 Å². The van der Waals surface area contributed by atoms with Crippen molar-refractivity contribution in [3.8, 4) is 22.1 Å². The van der Waals surface area contributed by atoms with Crippen LogP contribution in [-0.4, -0.2) is 37.1 Å². The van der Waals surface area contributed by atoms with Gasteiger partial charge in [0.25, 0.3) is 5.91 Å². The van der Waals surface area contributed by atoms with E-state index in [1.54, 1.807) is 29.5 Å². The quantitative estimate of drug-likeness (QED) is 0.396. The molecule has 1 saturated heterocycles. The Bertz CT molecular complexity index is 1400. The lowest BCUT2D eigenvalue weighted by molar-refractivity contribution is -0.121. The molecule has 0 bridgehead atoms. The first-order chi connectivity index (χ1) is 16.5. The summed E-state index contributed by atoms with van der Waals surface area (Å²) in [5.74, 6) is 0.417. The van der Waals surface area contributed by atoms with Crippen LogP contribution >= 0.6 is 11.3 Å². The molecule has 2 amide bonds. The third kappa shape index (κ3) is 3.97. The number of imide groups is 1. The van der Waals surface area contributed by atoms with Crippen LogP contribution in [0.15, 0.2) is 60.7 Å². The number of fused-ring (bicyclic) bond motifs is 1. The zero-order chi connectivity index (χ0) is 23.8. The summed E-state index contributed by atoms with van der Waals surface area (Å²) in [6, 6.07) is 18.3. The first-order valence-corrected chi connectivity index (χ1v) is 11.6. The Balaban J connectivity index is 1.32. The highest BCUT2D eigenvalue weighted by atomic mass is 32.1. The Kier molecular flexibility index (Phi) is 5.67. The van der Waals surface area contributed by atoms with E-state index in [9.17, 15) is 9.59 Å². The molecule has 0 spiro atoms. The number of amides is 2. The summed E-state index contributed by atoms with van der Waals surface area (Å²) in [6.07, 6.45) is 0.0755. The van der Waals surface area contributed by atoms with E-state index in [1.165, 1.54) is 24.7 Å². The molecule has 34 heavy (non-hydrogen) atoms. The normalized spacial score (nSPS) is 15.7. The summed E-state index contributed by atoms with van der Waals surface area (Å²) in [7, 11) is 3.05. The number of nitrogens with one attached hydrogen (secondary N) is 1. The van der Waals surface area contributed by atoms with Gasteiger partial charge in [-0.25, -0.2) is 9.88 Å². The lowest BCUT2D eigenvalue weighted by atomic mass is 10.2. The molecule has 4 aromatic rings. The molecule has 8 heteroatoms. The zero-order valence-corrected chi connectivity index (χ0v) is 19.8. The van der Waals surface area contributed by atoms with Crippen LogP contribution in [0, 0.1) is 6.92 Å². The molecule has 1 aliphatic heterocycles. The number of carbonyl (C=O) groups excluding carboxylic acids is 2. The van der Waals surface area contributed by atoms with E-state index in [-0.39, 0.29) is 18.2 Å². The average molecular weight is 474 g/mol. The summed E-state index contributed by atoms with van der Waals surface area (Å²) < 4.78 is 11.7. The van der Waals surface area contributed by atoms with Crippen molar-refractivity contribution in [2.75, 3.05) is 24.4 Å². The topological polar surface area (TPSA) is 80.8 Å². The van der Waals surface area contributed by atoms with Crippen LogP contribution in [0.25, 0.3) is 20.8 Å². The van der Waals surface area contributed by atoms with Gasteiger partial charge in [0.05, 0.1) is 36.5 Å². The van der Waals surface area contributed by atoms with E-state index < -0.39 is 6.04 Å². The first kappa shape index (κ1) is 21.9. The molecular formula is C26H23N3O4S. The van der Waals surface area contributed by atoms with Gasteiger partial charge in [-0.05, 0) is 61.0 Å². The number of anilines is 2. The second-order valence-electron chi connectivity index (χ2n) is 8.08. The van der Waals surface area contributed by atoms with Crippen LogP contribution in [0.2, 0.25) is 0 Å². The lowest BCUT2D eigenvalue weighted by Gasteiger charge is -2.18. The molecule has 0 aliphatic carbocycles. The Morgan fingerprint density at radius 3 is 2.47 bits per heavy atom. The number of rotatable bonds is 6. The molecule has 7 nitrogen and oxygen atoms in total. The number of thiazole rings is 1. The molecule has 1 aromatic heterocycles. The summed E-state index contributed by atoms with van der Waals surface area (Å²) in [6.45, 7) is 2.07. The van der Waals surface area contributed by atoms with Crippen LogP contribution in [0.5, 0.6) is 11.5 Å². The van der Waals surface area contributed by atoms with E-state index in [0.717, 1.165) is 26.5 Å². The van der Waals surface area contributed by atoms with Gasteiger partial charge in [0.1, 0.15) is 11.0 Å². The van der Waals surface area contributed by atoms with Crippen LogP contribution in [0.3, 0.4) is 0 Å². The number of benzene rings is 3. The van der Waals surface area contributed by atoms with Crippen molar-refractivity contribution in [1.82, 2.24) is 4.98 Å². The van der Waals surface area contributed by atoms with E-state index in [4.69, 9.17) is 14.5 Å². The van der Waals surface area contributed by atoms with Gasteiger partial charge in [-0.15, -0.1) is 11.3 Å². The van der Waals surface area contributed by atoms with Gasteiger partial charge >= 0.3 is 0 Å². The third-order valence-corrected chi connectivity index (χ3v) is 6.86. The van der Waals surface area contributed by atoms with E-state index in [0.29, 0.717) is 17.2 Å². The predicted molar refractivity (Wildman–Crippen MR) is 134 cm³/mol. The monoisotopic (exact) mass is 473 g/mol. The summed E-state index contributed by atoms with van der Waals surface area (Å²) in [5.41, 5.74) is 4.42. The van der Waals surface area contributed by atoms with Gasteiger partial charge in [-0.3, -0.25) is 9.59 Å². The maximum atomic E-state index is 13.1. The van der Waals surface area contributed by atoms with Gasteiger partial charge in [0.2, 0.25) is 5.91 Å². The minimum Gasteiger partial charge on any atom is -0.493 e. The number of hydrogen-bond acceptors (Lipinski definition) is 7. The molecule has 1 N–H and O–H groups in total. The maximum absolute atomic E-state index is 13.1. The predicted octanol–water partition coefficient (Wildman–Crippen LogP) is 5.03. The summed E-state index contributed by atoms with van der Waals surface area (Å²) >= 11 is 1.65. The standard InChI is InChI=1S/C26H23N3O4S/c1-15-4-10-19-23(12-15)34-25(28-19)16-5-7-17(8-6-16)27-20-14-24(30)29(26(20)31)18-9-11-21(32-2)22(13-18)33-3/h4-13,20,27H,14H2,1-3H3/t20-/m0/s1. The maximum Gasteiger partial charge on any atom is 0.256 e. The van der Waals surface area contributed by atoms with Crippen LogP contribution in [0.1, 0.15) is 12.0 Å². The van der Waals surface area contributed by atoms with Gasteiger partial charge in [-0.2, -0.15) is 0 Å². The van der Waals surface area contributed by atoms with Crippen LogP contribution in [0.4, 0.5) is 11.4 Å². The molecule has 172 valence electrons. The molecule has 1 fully saturated rings. The molecule has 1 aliphatic rings. The molecule has 5 rings (SSSR count). The number of methoxy groups -OCH3 is 2. The molecule has 0 unspecified atom stereocenters. The molecule has 3 aromatic carbocycles. The number of carbonyl (C=O) groups is 2. The Labute approximate surface area is 200 Å². The lowest BCUT2D eigenvalue weighted by Crippen LogP contribution is -2.34.